The summed E-state index contributed by atoms with van der Waals surface area (Å²) in [4.78, 5) is 39.3. The first-order valence-corrected chi connectivity index (χ1v) is 14.7. The van der Waals surface area contributed by atoms with Crippen LogP contribution in [-0.4, -0.2) is 48.2 Å². The maximum Gasteiger partial charge on any atom is 0.269 e. The third-order valence-corrected chi connectivity index (χ3v) is 8.30. The van der Waals surface area contributed by atoms with Gasteiger partial charge in [-0.3, -0.25) is 24.0 Å². The summed E-state index contributed by atoms with van der Waals surface area (Å²) in [7, 11) is -4.29. The van der Waals surface area contributed by atoms with Crippen LogP contribution < -0.4 is 9.62 Å². The molecule has 0 spiro atoms. The van der Waals surface area contributed by atoms with E-state index in [0.29, 0.717) is 10.6 Å². The fourth-order valence-corrected chi connectivity index (χ4v) is 5.80. The minimum atomic E-state index is -4.29. The van der Waals surface area contributed by atoms with E-state index >= 15 is 0 Å². The number of carbonyl (C=O) groups excluding carboxylic acids is 2. The predicted octanol–water partition coefficient (Wildman–Crippen LogP) is 5.17. The molecule has 0 saturated heterocycles. The van der Waals surface area contributed by atoms with Crippen molar-refractivity contribution in [2.24, 2.45) is 0 Å². The van der Waals surface area contributed by atoms with Crippen LogP contribution in [0.5, 0.6) is 0 Å². The Morgan fingerprint density at radius 2 is 1.56 bits per heavy atom. The minimum absolute atomic E-state index is 0.0476. The number of halogens is 1. The number of anilines is 1. The first-order valence-electron chi connectivity index (χ1n) is 12.9. The van der Waals surface area contributed by atoms with Crippen LogP contribution >= 0.6 is 11.6 Å². The SMILES string of the molecule is CC[C@@H](C(=O)NC(C)(C)C)N(Cc1ccccc1Cl)C(=O)CN(c1ccc([N+](=O)[O-])cc1)S(=O)(=O)c1ccccc1. The van der Waals surface area contributed by atoms with Crippen molar-refractivity contribution in [1.29, 1.82) is 0 Å². The number of rotatable bonds is 11. The number of carbonyl (C=O) groups is 2. The number of hydrogen-bond donors (Lipinski definition) is 1. The fraction of sp³-hybridized carbons (Fsp3) is 0.310. The van der Waals surface area contributed by atoms with Gasteiger partial charge in [0, 0.05) is 29.2 Å². The van der Waals surface area contributed by atoms with Crippen molar-refractivity contribution in [3.63, 3.8) is 0 Å². The van der Waals surface area contributed by atoms with Gasteiger partial charge in [-0.2, -0.15) is 0 Å². The molecule has 0 aliphatic carbocycles. The number of amides is 2. The fourth-order valence-electron chi connectivity index (χ4n) is 4.17. The summed E-state index contributed by atoms with van der Waals surface area (Å²) in [6, 6.07) is 18.4. The minimum Gasteiger partial charge on any atom is -0.350 e. The van der Waals surface area contributed by atoms with E-state index in [2.05, 4.69) is 5.32 Å². The van der Waals surface area contributed by atoms with E-state index in [0.717, 1.165) is 4.31 Å². The molecule has 218 valence electrons. The van der Waals surface area contributed by atoms with Crippen LogP contribution in [0.1, 0.15) is 39.7 Å². The monoisotopic (exact) mass is 600 g/mol. The van der Waals surface area contributed by atoms with Gasteiger partial charge < -0.3 is 10.2 Å². The van der Waals surface area contributed by atoms with Crippen LogP contribution in [0.4, 0.5) is 11.4 Å². The van der Waals surface area contributed by atoms with Gasteiger partial charge in [0.15, 0.2) is 0 Å². The van der Waals surface area contributed by atoms with Crippen LogP contribution in [-0.2, 0) is 26.2 Å². The van der Waals surface area contributed by atoms with E-state index in [9.17, 15) is 28.1 Å². The van der Waals surface area contributed by atoms with Crippen molar-refractivity contribution >= 4 is 44.8 Å². The second-order valence-electron chi connectivity index (χ2n) is 10.4. The average Bonchev–Trinajstić information content (AvgIpc) is 2.92. The van der Waals surface area contributed by atoms with Gasteiger partial charge in [0.2, 0.25) is 11.8 Å². The molecular formula is C29H33ClN4O6S. The molecule has 0 unspecified atom stereocenters. The van der Waals surface area contributed by atoms with Gasteiger partial charge in [-0.25, -0.2) is 8.42 Å². The van der Waals surface area contributed by atoms with Crippen LogP contribution in [0.25, 0.3) is 0 Å². The zero-order valence-corrected chi connectivity index (χ0v) is 24.9. The second kappa shape index (κ2) is 13.1. The number of hydrogen-bond acceptors (Lipinski definition) is 6. The van der Waals surface area contributed by atoms with Gasteiger partial charge in [-0.15, -0.1) is 0 Å². The molecule has 0 aromatic heterocycles. The number of non-ortho nitro benzene ring substituents is 1. The van der Waals surface area contributed by atoms with Crippen LogP contribution in [0.2, 0.25) is 5.02 Å². The standard InChI is InChI=1S/C29H33ClN4O6S/c1-5-26(28(36)31-29(2,3)4)32(19-21-11-9-10-14-25(21)30)27(35)20-33(22-15-17-23(18-16-22)34(37)38)41(39,40)24-12-7-6-8-13-24/h6-18,26H,5,19-20H2,1-4H3,(H,31,36)/t26-/m0/s1. The third-order valence-electron chi connectivity index (χ3n) is 6.14. The third kappa shape index (κ3) is 8.05. The molecule has 0 heterocycles. The molecule has 0 radical (unpaired) electrons. The summed E-state index contributed by atoms with van der Waals surface area (Å²) >= 11 is 6.40. The van der Waals surface area contributed by atoms with Gasteiger partial charge in [0.05, 0.1) is 15.5 Å². The Morgan fingerprint density at radius 1 is 0.976 bits per heavy atom. The lowest BCUT2D eigenvalue weighted by molar-refractivity contribution is -0.384. The van der Waals surface area contributed by atoms with Crippen molar-refractivity contribution in [3.05, 3.63) is 99.6 Å². The smallest absolute Gasteiger partial charge is 0.269 e. The van der Waals surface area contributed by atoms with Crippen molar-refractivity contribution in [2.75, 3.05) is 10.8 Å². The summed E-state index contributed by atoms with van der Waals surface area (Å²) in [5, 5.41) is 14.5. The molecule has 1 N–H and O–H groups in total. The Morgan fingerprint density at radius 3 is 2.10 bits per heavy atom. The van der Waals surface area contributed by atoms with E-state index in [1.54, 1.807) is 49.4 Å². The largest absolute Gasteiger partial charge is 0.350 e. The number of nitrogens with one attached hydrogen (secondary N) is 1. The average molecular weight is 601 g/mol. The molecule has 0 aliphatic heterocycles. The highest BCUT2D eigenvalue weighted by molar-refractivity contribution is 7.92. The maximum absolute atomic E-state index is 14.1. The number of nitrogens with zero attached hydrogens (tertiary/aromatic N) is 3. The molecule has 3 aromatic carbocycles. The molecule has 41 heavy (non-hydrogen) atoms. The van der Waals surface area contributed by atoms with E-state index in [1.807, 2.05) is 20.8 Å². The summed E-state index contributed by atoms with van der Waals surface area (Å²) in [6.07, 6.45) is 0.251. The summed E-state index contributed by atoms with van der Waals surface area (Å²) in [5.41, 5.74) is -0.178. The molecule has 0 saturated carbocycles. The van der Waals surface area contributed by atoms with Gasteiger partial charge in [-0.1, -0.05) is 54.9 Å². The van der Waals surface area contributed by atoms with Crippen molar-refractivity contribution < 1.29 is 22.9 Å². The van der Waals surface area contributed by atoms with E-state index in [1.165, 1.54) is 41.3 Å². The molecule has 3 rings (SSSR count). The zero-order valence-electron chi connectivity index (χ0n) is 23.3. The molecule has 0 aliphatic rings. The first-order chi connectivity index (χ1) is 19.2. The number of nitro benzene ring substituents is 1. The lowest BCUT2D eigenvalue weighted by Crippen LogP contribution is -2.55. The molecule has 1 atom stereocenters. The molecule has 12 heteroatoms. The molecule has 0 bridgehead atoms. The van der Waals surface area contributed by atoms with Gasteiger partial charge >= 0.3 is 0 Å². The Balaban J connectivity index is 2.09. The second-order valence-corrected chi connectivity index (χ2v) is 12.6. The number of sulfonamides is 1. The Kier molecular flexibility index (Phi) is 10.1. The maximum atomic E-state index is 14.1. The Hall–Kier alpha value is -3.96. The normalized spacial score (nSPS) is 12.3. The lowest BCUT2D eigenvalue weighted by Gasteiger charge is -2.35. The summed E-state index contributed by atoms with van der Waals surface area (Å²) in [5.74, 6) is -1.05. The van der Waals surface area contributed by atoms with Gasteiger partial charge in [0.1, 0.15) is 12.6 Å². The highest BCUT2D eigenvalue weighted by Gasteiger charge is 2.35. The highest BCUT2D eigenvalue weighted by atomic mass is 35.5. The highest BCUT2D eigenvalue weighted by Crippen LogP contribution is 2.27. The molecular weight excluding hydrogens is 568 g/mol. The quantitative estimate of drug-likeness (QED) is 0.239. The first kappa shape index (κ1) is 31.6. The Labute approximate surface area is 245 Å². The molecule has 2 amide bonds. The predicted molar refractivity (Wildman–Crippen MR) is 158 cm³/mol. The number of nitro groups is 1. The summed E-state index contributed by atoms with van der Waals surface area (Å²) < 4.78 is 28.5. The van der Waals surface area contributed by atoms with Crippen LogP contribution in [0, 0.1) is 10.1 Å². The Bertz CT molecular complexity index is 1490. The number of benzene rings is 3. The van der Waals surface area contributed by atoms with Crippen LogP contribution in [0.3, 0.4) is 0 Å². The van der Waals surface area contributed by atoms with E-state index in [4.69, 9.17) is 11.6 Å². The zero-order chi connectivity index (χ0) is 30.4. The molecule has 0 fully saturated rings. The molecule has 10 nitrogen and oxygen atoms in total. The molecule has 3 aromatic rings. The van der Waals surface area contributed by atoms with E-state index < -0.39 is 44.9 Å². The lowest BCUT2D eigenvalue weighted by atomic mass is 10.1. The summed E-state index contributed by atoms with van der Waals surface area (Å²) in [6.45, 7) is 6.50. The van der Waals surface area contributed by atoms with Crippen molar-refractivity contribution in [1.82, 2.24) is 10.2 Å². The van der Waals surface area contributed by atoms with Gasteiger partial charge in [0.25, 0.3) is 15.7 Å². The van der Waals surface area contributed by atoms with Crippen molar-refractivity contribution in [3.8, 4) is 0 Å². The topological polar surface area (TPSA) is 130 Å². The van der Waals surface area contributed by atoms with Crippen molar-refractivity contribution in [2.45, 2.75) is 57.1 Å². The van der Waals surface area contributed by atoms with Crippen LogP contribution in [0.15, 0.2) is 83.8 Å². The van der Waals surface area contributed by atoms with E-state index in [-0.39, 0.29) is 29.2 Å². The van der Waals surface area contributed by atoms with Gasteiger partial charge in [-0.05, 0) is 63.1 Å².